The highest BCUT2D eigenvalue weighted by atomic mass is 16.7. The highest BCUT2D eigenvalue weighted by molar-refractivity contribution is 5.92. The van der Waals surface area contributed by atoms with Crippen molar-refractivity contribution in [2.75, 3.05) is 13.8 Å². The third-order valence-electron chi connectivity index (χ3n) is 2.10. The zero-order chi connectivity index (χ0) is 14.3. The molecule has 19 heavy (non-hydrogen) atoms. The summed E-state index contributed by atoms with van der Waals surface area (Å²) in [6.07, 6.45) is -0.0166. The molecule has 1 rings (SSSR count). The quantitative estimate of drug-likeness (QED) is 0.268. The van der Waals surface area contributed by atoms with Gasteiger partial charge in [-0.3, -0.25) is 5.41 Å². The molecule has 1 aromatic carbocycles. The summed E-state index contributed by atoms with van der Waals surface area (Å²) in [4.78, 5) is 4.95. The molecule has 0 bridgehead atoms. The predicted molar refractivity (Wildman–Crippen MR) is 69.8 cm³/mol. The van der Waals surface area contributed by atoms with Crippen molar-refractivity contribution in [3.05, 3.63) is 29.3 Å². The second kappa shape index (κ2) is 7.36. The Hall–Kier alpha value is -2.10. The average molecular weight is 263 g/mol. The van der Waals surface area contributed by atoms with Gasteiger partial charge in [-0.05, 0) is 32.0 Å². The van der Waals surface area contributed by atoms with Gasteiger partial charge in [-0.25, -0.2) is 0 Å². The second-order valence-corrected chi connectivity index (χ2v) is 4.00. The summed E-state index contributed by atoms with van der Waals surface area (Å²) in [6, 6.07) is 6.91. The molecule has 2 N–H and O–H groups in total. The van der Waals surface area contributed by atoms with Gasteiger partial charge < -0.3 is 14.3 Å². The molecule has 1 aromatic rings. The number of rotatable bonds is 6. The zero-order valence-corrected chi connectivity index (χ0v) is 11.2. The fourth-order valence-corrected chi connectivity index (χ4v) is 1.33. The Labute approximate surface area is 112 Å². The lowest BCUT2D eigenvalue weighted by atomic mass is 10.1. The molecule has 0 aromatic heterocycles. The van der Waals surface area contributed by atoms with Crippen molar-refractivity contribution in [2.45, 2.75) is 20.0 Å². The van der Waals surface area contributed by atoms with Gasteiger partial charge in [0.15, 0.2) is 0 Å². The number of nitrogens with one attached hydrogen (secondary N) is 2. The molecule has 0 atom stereocenters. The maximum Gasteiger partial charge on any atom is 0.237 e. The minimum atomic E-state index is -0.0929. The number of ether oxygens (including phenoxy) is 2. The highest BCUT2D eigenvalue weighted by Gasteiger charge is 2.10. The fourth-order valence-electron chi connectivity index (χ4n) is 1.33. The Balaban J connectivity index is 2.82. The van der Waals surface area contributed by atoms with Crippen LogP contribution in [0.1, 0.15) is 25.0 Å². The monoisotopic (exact) mass is 263 g/mol. The topological polar surface area (TPSA) is 87.4 Å². The summed E-state index contributed by atoms with van der Waals surface area (Å²) < 4.78 is 10.2. The van der Waals surface area contributed by atoms with Gasteiger partial charge in [-0.1, -0.05) is 0 Å². The van der Waals surface area contributed by atoms with E-state index in [0.717, 1.165) is 0 Å². The minimum absolute atomic E-state index is 0.0166. The standard InChI is InChI=1S/C13H17N3O3/c1-9(2)18-12-5-4-10(6-11(12)7-14)13(15)19-16-8-17-3/h4-6,9,15-16H,8H2,1-3H3. The van der Waals surface area contributed by atoms with Gasteiger partial charge in [0.05, 0.1) is 11.7 Å². The maximum atomic E-state index is 9.07. The molecule has 6 nitrogen and oxygen atoms in total. The van der Waals surface area contributed by atoms with Crippen molar-refractivity contribution < 1.29 is 14.3 Å². The van der Waals surface area contributed by atoms with Gasteiger partial charge in [0, 0.05) is 12.7 Å². The highest BCUT2D eigenvalue weighted by Crippen LogP contribution is 2.21. The molecule has 0 unspecified atom stereocenters. The first-order valence-electron chi connectivity index (χ1n) is 5.76. The van der Waals surface area contributed by atoms with Crippen molar-refractivity contribution >= 4 is 5.90 Å². The molecule has 0 heterocycles. The maximum absolute atomic E-state index is 9.07. The molecule has 6 heteroatoms. The van der Waals surface area contributed by atoms with E-state index in [0.29, 0.717) is 16.9 Å². The third kappa shape index (κ3) is 4.58. The van der Waals surface area contributed by atoms with E-state index in [9.17, 15) is 0 Å². The predicted octanol–water partition coefficient (Wildman–Crippen LogP) is 1.80. The first kappa shape index (κ1) is 15.0. The van der Waals surface area contributed by atoms with Crippen LogP contribution in [0.2, 0.25) is 0 Å². The van der Waals surface area contributed by atoms with Crippen LogP contribution in [0.3, 0.4) is 0 Å². The number of nitriles is 1. The number of benzene rings is 1. The summed E-state index contributed by atoms with van der Waals surface area (Å²) in [5.41, 5.74) is 3.31. The molecular weight excluding hydrogens is 246 g/mol. The lowest BCUT2D eigenvalue weighted by Gasteiger charge is -2.12. The first-order chi connectivity index (χ1) is 9.08. The smallest absolute Gasteiger partial charge is 0.237 e. The molecule has 0 fully saturated rings. The van der Waals surface area contributed by atoms with Crippen molar-refractivity contribution in [3.63, 3.8) is 0 Å². The summed E-state index contributed by atoms with van der Waals surface area (Å²) in [5.74, 6) is 0.406. The lowest BCUT2D eigenvalue weighted by Crippen LogP contribution is -2.22. The number of nitrogens with zero attached hydrogens (tertiary/aromatic N) is 1. The Morgan fingerprint density at radius 2 is 2.21 bits per heavy atom. The van der Waals surface area contributed by atoms with Crippen LogP contribution in [-0.2, 0) is 9.57 Å². The number of methoxy groups -OCH3 is 1. The fraction of sp³-hybridized carbons (Fsp3) is 0.385. The Morgan fingerprint density at radius 1 is 1.47 bits per heavy atom. The van der Waals surface area contributed by atoms with Gasteiger partial charge in [0.2, 0.25) is 5.90 Å². The van der Waals surface area contributed by atoms with Crippen LogP contribution in [0.25, 0.3) is 0 Å². The van der Waals surface area contributed by atoms with E-state index in [4.69, 9.17) is 25.0 Å². The van der Waals surface area contributed by atoms with Crippen LogP contribution in [0.4, 0.5) is 0 Å². The summed E-state index contributed by atoms with van der Waals surface area (Å²) in [6.45, 7) is 3.94. The van der Waals surface area contributed by atoms with E-state index in [2.05, 4.69) is 5.48 Å². The van der Waals surface area contributed by atoms with Crippen LogP contribution in [0.15, 0.2) is 18.2 Å². The van der Waals surface area contributed by atoms with Crippen molar-refractivity contribution in [2.24, 2.45) is 0 Å². The normalized spacial score (nSPS) is 10.1. The van der Waals surface area contributed by atoms with Crippen LogP contribution < -0.4 is 10.2 Å². The molecule has 0 saturated heterocycles. The summed E-state index contributed by atoms with van der Waals surface area (Å²) >= 11 is 0. The van der Waals surface area contributed by atoms with E-state index in [1.807, 2.05) is 19.9 Å². The van der Waals surface area contributed by atoms with Crippen molar-refractivity contribution in [3.8, 4) is 11.8 Å². The Bertz CT molecular complexity index is 481. The average Bonchev–Trinajstić information content (AvgIpc) is 2.38. The molecule has 0 radical (unpaired) electrons. The molecule has 0 saturated carbocycles. The molecular formula is C13H17N3O3. The summed E-state index contributed by atoms with van der Waals surface area (Å²) in [5, 5.41) is 16.8. The van der Waals surface area contributed by atoms with E-state index in [-0.39, 0.29) is 18.7 Å². The molecule has 0 aliphatic rings. The van der Waals surface area contributed by atoms with Gasteiger partial charge in [-0.15, -0.1) is 5.48 Å². The van der Waals surface area contributed by atoms with E-state index >= 15 is 0 Å². The Morgan fingerprint density at radius 3 is 2.79 bits per heavy atom. The number of hydrogen-bond donors (Lipinski definition) is 2. The van der Waals surface area contributed by atoms with Gasteiger partial charge in [0.25, 0.3) is 0 Å². The molecule has 0 aliphatic carbocycles. The zero-order valence-electron chi connectivity index (χ0n) is 11.2. The molecule has 0 aliphatic heterocycles. The van der Waals surface area contributed by atoms with Crippen molar-refractivity contribution in [1.29, 1.82) is 10.7 Å². The van der Waals surface area contributed by atoms with Crippen LogP contribution in [-0.4, -0.2) is 25.8 Å². The molecule has 102 valence electrons. The number of hydroxylamine groups is 1. The molecule has 0 amide bonds. The van der Waals surface area contributed by atoms with Crippen LogP contribution in [0.5, 0.6) is 5.75 Å². The SMILES string of the molecule is COCNOC(=N)c1ccc(OC(C)C)c(C#N)c1. The number of hydrogen-bond acceptors (Lipinski definition) is 6. The van der Waals surface area contributed by atoms with Crippen LogP contribution in [0, 0.1) is 16.7 Å². The van der Waals surface area contributed by atoms with Crippen molar-refractivity contribution in [1.82, 2.24) is 5.48 Å². The first-order valence-corrected chi connectivity index (χ1v) is 5.76. The van der Waals surface area contributed by atoms with E-state index in [1.165, 1.54) is 7.11 Å². The van der Waals surface area contributed by atoms with Gasteiger partial charge in [0.1, 0.15) is 18.5 Å². The third-order valence-corrected chi connectivity index (χ3v) is 2.10. The molecule has 0 spiro atoms. The largest absolute Gasteiger partial charge is 0.490 e. The Kier molecular flexibility index (Phi) is 5.79. The van der Waals surface area contributed by atoms with Crippen LogP contribution >= 0.6 is 0 Å². The minimum Gasteiger partial charge on any atom is -0.490 e. The summed E-state index contributed by atoms with van der Waals surface area (Å²) in [7, 11) is 1.51. The van der Waals surface area contributed by atoms with Gasteiger partial charge >= 0.3 is 0 Å². The lowest BCUT2D eigenvalue weighted by molar-refractivity contribution is 0.0593. The van der Waals surface area contributed by atoms with E-state index < -0.39 is 0 Å². The van der Waals surface area contributed by atoms with E-state index in [1.54, 1.807) is 18.2 Å². The van der Waals surface area contributed by atoms with Gasteiger partial charge in [-0.2, -0.15) is 5.26 Å². The second-order valence-electron chi connectivity index (χ2n) is 4.00.